The van der Waals surface area contributed by atoms with Crippen LogP contribution in [0.25, 0.3) is 21.8 Å². The van der Waals surface area contributed by atoms with Crippen LogP contribution in [0.2, 0.25) is 0 Å². The van der Waals surface area contributed by atoms with Gasteiger partial charge in [-0.15, -0.1) is 0 Å². The molecule has 0 radical (unpaired) electrons. The average Bonchev–Trinajstić information content (AvgIpc) is 2.76. The van der Waals surface area contributed by atoms with Crippen molar-refractivity contribution in [3.63, 3.8) is 0 Å². The Hall–Kier alpha value is -2.09. The summed E-state index contributed by atoms with van der Waals surface area (Å²) in [6.45, 7) is 2.09. The third kappa shape index (κ3) is 1.70. The Morgan fingerprint density at radius 3 is 2.72 bits per heavy atom. The predicted molar refractivity (Wildman–Crippen MR) is 74.9 cm³/mol. The van der Waals surface area contributed by atoms with Crippen LogP contribution in [-0.4, -0.2) is 11.3 Å². The van der Waals surface area contributed by atoms with Crippen LogP contribution in [0.15, 0.2) is 42.5 Å². The summed E-state index contributed by atoms with van der Waals surface area (Å²) in [5, 5.41) is 2.48. The lowest BCUT2D eigenvalue weighted by Crippen LogP contribution is -1.93. The molecule has 2 heteroatoms. The van der Waals surface area contributed by atoms with E-state index in [1.165, 1.54) is 16.3 Å². The molecule has 1 aromatic heterocycles. The average molecular weight is 237 g/mol. The zero-order valence-electron chi connectivity index (χ0n) is 10.3. The second-order valence-corrected chi connectivity index (χ2v) is 4.78. The molecule has 0 fully saturated rings. The highest BCUT2D eigenvalue weighted by Gasteiger charge is 2.08. The topological polar surface area (TPSA) is 32.9 Å². The van der Waals surface area contributed by atoms with E-state index in [0.717, 1.165) is 17.3 Å². The third-order valence-electron chi connectivity index (χ3n) is 3.55. The largest absolute Gasteiger partial charge is 0.355 e. The highest BCUT2D eigenvalue weighted by atomic mass is 16.1. The molecule has 1 atom stereocenters. The van der Waals surface area contributed by atoms with E-state index in [0.29, 0.717) is 6.42 Å². The summed E-state index contributed by atoms with van der Waals surface area (Å²) < 4.78 is 0. The summed E-state index contributed by atoms with van der Waals surface area (Å²) >= 11 is 0. The monoisotopic (exact) mass is 237 g/mol. The maximum Gasteiger partial charge on any atom is 0.120 e. The first kappa shape index (κ1) is 11.0. The van der Waals surface area contributed by atoms with E-state index in [1.807, 2.05) is 6.07 Å². The molecule has 0 saturated carbocycles. The van der Waals surface area contributed by atoms with Gasteiger partial charge in [-0.2, -0.15) is 0 Å². The van der Waals surface area contributed by atoms with Crippen molar-refractivity contribution in [3.05, 3.63) is 48.0 Å². The maximum absolute atomic E-state index is 10.6. The fourth-order valence-electron chi connectivity index (χ4n) is 2.45. The lowest BCUT2D eigenvalue weighted by molar-refractivity contribution is -0.108. The molecule has 3 aromatic rings. The van der Waals surface area contributed by atoms with E-state index < -0.39 is 0 Å². The Kier molecular flexibility index (Phi) is 2.63. The zero-order chi connectivity index (χ0) is 12.5. The number of carbonyl (C=O) groups excluding carboxylic acids is 1. The predicted octanol–water partition coefficient (Wildman–Crippen LogP) is 4.01. The molecule has 0 aliphatic rings. The Bertz CT molecular complexity index is 711. The van der Waals surface area contributed by atoms with E-state index in [4.69, 9.17) is 0 Å². The Morgan fingerprint density at radius 1 is 1.11 bits per heavy atom. The van der Waals surface area contributed by atoms with E-state index in [9.17, 15) is 4.79 Å². The van der Waals surface area contributed by atoms with Gasteiger partial charge in [-0.05, 0) is 29.7 Å². The van der Waals surface area contributed by atoms with E-state index >= 15 is 0 Å². The highest BCUT2D eigenvalue weighted by Crippen LogP contribution is 2.28. The Labute approximate surface area is 106 Å². The van der Waals surface area contributed by atoms with Crippen molar-refractivity contribution in [3.8, 4) is 0 Å². The van der Waals surface area contributed by atoms with E-state index in [2.05, 4.69) is 48.3 Å². The fraction of sp³-hybridized carbons (Fsp3) is 0.188. The van der Waals surface area contributed by atoms with Crippen molar-refractivity contribution in [1.82, 2.24) is 4.98 Å². The first-order valence-electron chi connectivity index (χ1n) is 6.23. The molecule has 0 aliphatic heterocycles. The van der Waals surface area contributed by atoms with Crippen LogP contribution in [0, 0.1) is 0 Å². The quantitative estimate of drug-likeness (QED) is 0.686. The molecule has 1 heterocycles. The number of hydrogen-bond acceptors (Lipinski definition) is 1. The van der Waals surface area contributed by atoms with Crippen LogP contribution < -0.4 is 0 Å². The number of carbonyl (C=O) groups is 1. The van der Waals surface area contributed by atoms with Crippen LogP contribution in [-0.2, 0) is 4.79 Å². The highest BCUT2D eigenvalue weighted by molar-refractivity contribution is 6.07. The normalized spacial score (nSPS) is 12.9. The summed E-state index contributed by atoms with van der Waals surface area (Å²) in [7, 11) is 0. The second kappa shape index (κ2) is 4.30. The molecule has 1 N–H and O–H groups in total. The number of aromatic amines is 1. The maximum atomic E-state index is 10.6. The molecule has 18 heavy (non-hydrogen) atoms. The van der Waals surface area contributed by atoms with Gasteiger partial charge in [0.05, 0.1) is 0 Å². The molecule has 0 aliphatic carbocycles. The lowest BCUT2D eigenvalue weighted by Gasteiger charge is -2.07. The number of nitrogens with one attached hydrogen (secondary N) is 1. The van der Waals surface area contributed by atoms with Gasteiger partial charge < -0.3 is 9.78 Å². The molecular formula is C16H15NO. The third-order valence-corrected chi connectivity index (χ3v) is 3.55. The van der Waals surface area contributed by atoms with Crippen molar-refractivity contribution in [2.24, 2.45) is 0 Å². The molecule has 0 amide bonds. The van der Waals surface area contributed by atoms with Gasteiger partial charge in [-0.25, -0.2) is 0 Å². The summed E-state index contributed by atoms with van der Waals surface area (Å²) in [5.74, 6) is 0.278. The van der Waals surface area contributed by atoms with Crippen LogP contribution >= 0.6 is 0 Å². The van der Waals surface area contributed by atoms with Gasteiger partial charge in [0.25, 0.3) is 0 Å². The van der Waals surface area contributed by atoms with Gasteiger partial charge in [-0.3, -0.25) is 0 Å². The molecular weight excluding hydrogens is 222 g/mol. The number of hydrogen-bond donors (Lipinski definition) is 1. The van der Waals surface area contributed by atoms with Crippen molar-refractivity contribution in [1.29, 1.82) is 0 Å². The molecule has 90 valence electrons. The van der Waals surface area contributed by atoms with Crippen molar-refractivity contribution in [2.75, 3.05) is 0 Å². The van der Waals surface area contributed by atoms with Crippen LogP contribution in [0.1, 0.15) is 24.8 Å². The summed E-state index contributed by atoms with van der Waals surface area (Å²) in [6.07, 6.45) is 1.57. The number of aromatic nitrogens is 1. The summed E-state index contributed by atoms with van der Waals surface area (Å²) in [6, 6.07) is 14.7. The molecule has 0 bridgehead atoms. The molecule has 0 saturated heterocycles. The van der Waals surface area contributed by atoms with Gasteiger partial charge in [0, 0.05) is 28.2 Å². The Morgan fingerprint density at radius 2 is 1.89 bits per heavy atom. The van der Waals surface area contributed by atoms with Gasteiger partial charge in [-0.1, -0.05) is 31.2 Å². The molecule has 3 rings (SSSR count). The first-order valence-corrected chi connectivity index (χ1v) is 6.23. The molecule has 0 spiro atoms. The van der Waals surface area contributed by atoms with E-state index in [1.54, 1.807) is 0 Å². The number of rotatable bonds is 3. The minimum Gasteiger partial charge on any atom is -0.355 e. The van der Waals surface area contributed by atoms with Crippen LogP contribution in [0.5, 0.6) is 0 Å². The Balaban J connectivity index is 2.21. The summed E-state index contributed by atoms with van der Waals surface area (Å²) in [5.41, 5.74) is 3.53. The van der Waals surface area contributed by atoms with E-state index in [-0.39, 0.29) is 5.92 Å². The zero-order valence-corrected chi connectivity index (χ0v) is 10.3. The number of aldehydes is 1. The fourth-order valence-corrected chi connectivity index (χ4v) is 2.45. The lowest BCUT2D eigenvalue weighted by atomic mass is 9.97. The number of H-pyrrole nitrogens is 1. The molecule has 2 nitrogen and oxygen atoms in total. The van der Waals surface area contributed by atoms with Crippen LogP contribution in [0.4, 0.5) is 0 Å². The van der Waals surface area contributed by atoms with Gasteiger partial charge >= 0.3 is 0 Å². The van der Waals surface area contributed by atoms with Crippen molar-refractivity contribution in [2.45, 2.75) is 19.3 Å². The van der Waals surface area contributed by atoms with Crippen molar-refractivity contribution < 1.29 is 4.79 Å². The smallest absolute Gasteiger partial charge is 0.120 e. The first-order chi connectivity index (χ1) is 8.79. The second-order valence-electron chi connectivity index (χ2n) is 4.78. The number of para-hydroxylation sites is 1. The van der Waals surface area contributed by atoms with Crippen molar-refractivity contribution >= 4 is 28.1 Å². The number of fused-ring (bicyclic) bond motifs is 3. The van der Waals surface area contributed by atoms with Gasteiger partial charge in [0.2, 0.25) is 0 Å². The van der Waals surface area contributed by atoms with Crippen LogP contribution in [0.3, 0.4) is 0 Å². The minimum absolute atomic E-state index is 0.278. The van der Waals surface area contributed by atoms with Gasteiger partial charge in [0.1, 0.15) is 6.29 Å². The van der Waals surface area contributed by atoms with Gasteiger partial charge in [0.15, 0.2) is 0 Å². The SMILES string of the molecule is CC(CC=O)c1ccc2[nH]c3ccccc3c2c1. The molecule has 2 aromatic carbocycles. The number of benzene rings is 2. The standard InChI is InChI=1S/C16H15NO/c1-11(8-9-18)12-6-7-16-14(10-12)13-4-2-3-5-15(13)17-16/h2-7,9-11,17H,8H2,1H3. The summed E-state index contributed by atoms with van der Waals surface area (Å²) in [4.78, 5) is 14.0. The molecule has 1 unspecified atom stereocenters. The minimum atomic E-state index is 0.278.